The van der Waals surface area contributed by atoms with Crippen LogP contribution in [0.2, 0.25) is 0 Å². The Balaban J connectivity index is 1.97. The molecule has 1 fully saturated rings. The molecule has 0 aromatic heterocycles. The second kappa shape index (κ2) is 6.72. The van der Waals surface area contributed by atoms with Crippen molar-refractivity contribution in [2.24, 2.45) is 0 Å². The lowest BCUT2D eigenvalue weighted by Crippen LogP contribution is -2.31. The smallest absolute Gasteiger partial charge is 0.0144 e. The summed E-state index contributed by atoms with van der Waals surface area (Å²) >= 11 is 2.10. The van der Waals surface area contributed by atoms with E-state index in [2.05, 4.69) is 30.9 Å². The Morgan fingerprint density at radius 3 is 2.69 bits per heavy atom. The quantitative estimate of drug-likeness (QED) is 0.709. The van der Waals surface area contributed by atoms with E-state index in [1.54, 1.807) is 0 Å². The summed E-state index contributed by atoms with van der Waals surface area (Å²) in [6.07, 6.45) is 7.00. The highest BCUT2D eigenvalue weighted by molar-refractivity contribution is 7.99. The fraction of sp³-hybridized carbons (Fsp3) is 1.00. The molecule has 0 aliphatic heterocycles. The van der Waals surface area contributed by atoms with Crippen LogP contribution in [-0.4, -0.2) is 23.6 Å². The minimum atomic E-state index is 0.792. The predicted molar refractivity (Wildman–Crippen MR) is 62.5 cm³/mol. The topological polar surface area (TPSA) is 12.0 Å². The number of rotatable bonds is 6. The number of hydrogen-bond donors (Lipinski definition) is 1. The molecular formula is C11H23NS. The van der Waals surface area contributed by atoms with E-state index in [1.807, 2.05) is 0 Å². The van der Waals surface area contributed by atoms with Crippen LogP contribution in [0.1, 0.15) is 46.0 Å². The molecule has 1 N–H and O–H groups in total. The highest BCUT2D eigenvalue weighted by Gasteiger charge is 2.14. The van der Waals surface area contributed by atoms with Gasteiger partial charge in [0.1, 0.15) is 0 Å². The van der Waals surface area contributed by atoms with Gasteiger partial charge in [-0.1, -0.05) is 26.7 Å². The van der Waals surface area contributed by atoms with Crippen molar-refractivity contribution in [3.05, 3.63) is 0 Å². The first-order chi connectivity index (χ1) is 6.33. The van der Waals surface area contributed by atoms with Gasteiger partial charge in [0.25, 0.3) is 0 Å². The first-order valence-electron chi connectivity index (χ1n) is 5.68. The number of thioether (sulfide) groups is 1. The van der Waals surface area contributed by atoms with Gasteiger partial charge in [-0.3, -0.25) is 0 Å². The van der Waals surface area contributed by atoms with Crippen molar-refractivity contribution >= 4 is 11.8 Å². The third kappa shape index (κ3) is 4.92. The Labute approximate surface area is 87.1 Å². The molecule has 1 aliphatic rings. The van der Waals surface area contributed by atoms with Crippen LogP contribution < -0.4 is 5.32 Å². The Hall–Kier alpha value is 0.310. The molecule has 1 nitrogen and oxygen atoms in total. The third-order valence-electron chi connectivity index (χ3n) is 2.66. The minimum absolute atomic E-state index is 0.792. The Morgan fingerprint density at radius 2 is 2.08 bits per heavy atom. The molecule has 1 rings (SSSR count). The molecule has 0 heterocycles. The summed E-state index contributed by atoms with van der Waals surface area (Å²) < 4.78 is 0. The van der Waals surface area contributed by atoms with E-state index in [0.29, 0.717) is 0 Å². The van der Waals surface area contributed by atoms with Crippen molar-refractivity contribution in [1.82, 2.24) is 5.32 Å². The van der Waals surface area contributed by atoms with Crippen LogP contribution >= 0.6 is 11.8 Å². The zero-order valence-electron chi connectivity index (χ0n) is 9.01. The molecule has 2 heteroatoms. The van der Waals surface area contributed by atoms with Gasteiger partial charge in [-0.15, -0.1) is 0 Å². The maximum Gasteiger partial charge on any atom is 0.0144 e. The van der Waals surface area contributed by atoms with Crippen LogP contribution in [0.5, 0.6) is 0 Å². The molecule has 1 saturated carbocycles. The van der Waals surface area contributed by atoms with Gasteiger partial charge in [-0.25, -0.2) is 0 Å². The van der Waals surface area contributed by atoms with Gasteiger partial charge in [0.15, 0.2) is 0 Å². The van der Waals surface area contributed by atoms with E-state index < -0.39 is 0 Å². The lowest BCUT2D eigenvalue weighted by Gasteiger charge is -2.16. The predicted octanol–water partition coefficient (Wildman–Crippen LogP) is 3.05. The molecule has 0 amide bonds. The monoisotopic (exact) mass is 201 g/mol. The minimum Gasteiger partial charge on any atom is -0.313 e. The van der Waals surface area contributed by atoms with Crippen molar-refractivity contribution in [2.45, 2.75) is 57.2 Å². The lowest BCUT2D eigenvalue weighted by atomic mass is 10.2. The maximum absolute atomic E-state index is 3.67. The van der Waals surface area contributed by atoms with E-state index in [4.69, 9.17) is 0 Å². The summed E-state index contributed by atoms with van der Waals surface area (Å²) in [5.74, 6) is 1.31. The lowest BCUT2D eigenvalue weighted by molar-refractivity contribution is 0.527. The Bertz CT molecular complexity index is 121. The molecule has 0 radical (unpaired) electrons. The van der Waals surface area contributed by atoms with E-state index >= 15 is 0 Å². The van der Waals surface area contributed by atoms with Crippen LogP contribution in [0, 0.1) is 0 Å². The van der Waals surface area contributed by atoms with E-state index in [1.165, 1.54) is 44.4 Å². The zero-order valence-corrected chi connectivity index (χ0v) is 9.83. The summed E-state index contributed by atoms with van der Waals surface area (Å²) in [4.78, 5) is 0. The zero-order chi connectivity index (χ0) is 9.52. The highest BCUT2D eigenvalue weighted by Crippen LogP contribution is 2.18. The van der Waals surface area contributed by atoms with Crippen molar-refractivity contribution in [3.63, 3.8) is 0 Å². The average molecular weight is 201 g/mol. The molecule has 1 unspecified atom stereocenters. The first kappa shape index (κ1) is 11.4. The Morgan fingerprint density at radius 1 is 1.38 bits per heavy atom. The second-order valence-corrected chi connectivity index (χ2v) is 5.62. The molecule has 1 atom stereocenters. The molecular weight excluding hydrogens is 178 g/mol. The normalized spacial score (nSPS) is 20.8. The van der Waals surface area contributed by atoms with Gasteiger partial charge < -0.3 is 5.32 Å². The van der Waals surface area contributed by atoms with E-state index in [-0.39, 0.29) is 0 Å². The molecule has 78 valence electrons. The van der Waals surface area contributed by atoms with Crippen molar-refractivity contribution in [2.75, 3.05) is 12.3 Å². The van der Waals surface area contributed by atoms with E-state index in [0.717, 1.165) is 11.3 Å². The second-order valence-electron chi connectivity index (χ2n) is 4.07. The fourth-order valence-electron chi connectivity index (χ4n) is 1.84. The van der Waals surface area contributed by atoms with Crippen molar-refractivity contribution in [1.29, 1.82) is 0 Å². The van der Waals surface area contributed by atoms with Gasteiger partial charge in [-0.05, 0) is 25.0 Å². The highest BCUT2D eigenvalue weighted by atomic mass is 32.2. The first-order valence-corrected chi connectivity index (χ1v) is 6.72. The van der Waals surface area contributed by atoms with Crippen LogP contribution in [-0.2, 0) is 0 Å². The summed E-state index contributed by atoms with van der Waals surface area (Å²) in [6, 6.07) is 0.838. The summed E-state index contributed by atoms with van der Waals surface area (Å²) in [7, 11) is 0. The third-order valence-corrected chi connectivity index (χ3v) is 4.04. The van der Waals surface area contributed by atoms with Gasteiger partial charge >= 0.3 is 0 Å². The molecule has 0 saturated heterocycles. The van der Waals surface area contributed by atoms with Crippen LogP contribution in [0.4, 0.5) is 0 Å². The largest absolute Gasteiger partial charge is 0.313 e. The molecule has 1 aliphatic carbocycles. The standard InChI is InChI=1S/C11H23NS/c1-3-8-13-10(2)9-12-11-6-4-5-7-11/h10-12H,3-9H2,1-2H3. The molecule has 0 aromatic carbocycles. The fourth-order valence-corrected chi connectivity index (χ4v) is 2.69. The summed E-state index contributed by atoms with van der Waals surface area (Å²) in [6.45, 7) is 5.79. The van der Waals surface area contributed by atoms with Crippen LogP contribution in [0.3, 0.4) is 0 Å². The molecule has 0 bridgehead atoms. The van der Waals surface area contributed by atoms with Gasteiger partial charge in [0.2, 0.25) is 0 Å². The Kier molecular flexibility index (Phi) is 5.88. The van der Waals surface area contributed by atoms with Gasteiger partial charge in [0, 0.05) is 17.8 Å². The summed E-state index contributed by atoms with van der Waals surface area (Å²) in [5.41, 5.74) is 0. The van der Waals surface area contributed by atoms with Crippen molar-refractivity contribution in [3.8, 4) is 0 Å². The molecule has 13 heavy (non-hydrogen) atoms. The maximum atomic E-state index is 3.67. The average Bonchev–Trinajstić information content (AvgIpc) is 2.64. The summed E-state index contributed by atoms with van der Waals surface area (Å²) in [5, 5.41) is 4.46. The molecule has 0 spiro atoms. The van der Waals surface area contributed by atoms with Crippen LogP contribution in [0.25, 0.3) is 0 Å². The van der Waals surface area contributed by atoms with Gasteiger partial charge in [-0.2, -0.15) is 11.8 Å². The van der Waals surface area contributed by atoms with Crippen LogP contribution in [0.15, 0.2) is 0 Å². The number of hydrogen-bond acceptors (Lipinski definition) is 2. The van der Waals surface area contributed by atoms with Crippen molar-refractivity contribution < 1.29 is 0 Å². The molecule has 0 aromatic rings. The van der Waals surface area contributed by atoms with Gasteiger partial charge in [0.05, 0.1) is 0 Å². The number of nitrogens with one attached hydrogen (secondary N) is 1. The SMILES string of the molecule is CCCSC(C)CNC1CCCC1. The van der Waals surface area contributed by atoms with E-state index in [9.17, 15) is 0 Å².